The van der Waals surface area contributed by atoms with Crippen molar-refractivity contribution >= 4 is 23.3 Å². The molecule has 0 radical (unpaired) electrons. The number of hydrogen-bond acceptors (Lipinski definition) is 5. The molecule has 1 amide bonds. The number of carbonyl (C=O) groups is 2. The van der Waals surface area contributed by atoms with Gasteiger partial charge in [0.25, 0.3) is 0 Å². The third-order valence-corrected chi connectivity index (χ3v) is 5.19. The second-order valence-corrected chi connectivity index (χ2v) is 7.52. The molecule has 2 aromatic rings. The quantitative estimate of drug-likeness (QED) is 0.693. The molecule has 6 nitrogen and oxygen atoms in total. The number of nitriles is 1. The van der Waals surface area contributed by atoms with Crippen molar-refractivity contribution in [3.63, 3.8) is 0 Å². The van der Waals surface area contributed by atoms with Crippen molar-refractivity contribution in [3.8, 4) is 11.9 Å². The first-order valence-corrected chi connectivity index (χ1v) is 10.0. The Hall–Kier alpha value is -2.91. The first-order chi connectivity index (χ1) is 14.0. The summed E-state index contributed by atoms with van der Waals surface area (Å²) in [6.07, 6.45) is 5.16. The number of amides is 1. The van der Waals surface area contributed by atoms with E-state index < -0.39 is 0 Å². The van der Waals surface area contributed by atoms with Crippen molar-refractivity contribution in [2.75, 3.05) is 0 Å². The SMILES string of the molecule is N#Cc1ccc(OC2CCC(NC(=O)CCC(=O)c3ccc(Cl)cc3)CC2)nc1. The molecule has 1 aromatic carbocycles. The van der Waals surface area contributed by atoms with Gasteiger partial charge in [0.2, 0.25) is 11.8 Å². The van der Waals surface area contributed by atoms with Crippen LogP contribution in [0.4, 0.5) is 0 Å². The summed E-state index contributed by atoms with van der Waals surface area (Å²) in [5.74, 6) is 0.339. The molecule has 0 unspecified atom stereocenters. The lowest BCUT2D eigenvalue weighted by Crippen LogP contribution is -2.39. The molecule has 1 aromatic heterocycles. The lowest BCUT2D eigenvalue weighted by atomic mass is 9.92. The van der Waals surface area contributed by atoms with Crippen LogP contribution >= 0.6 is 11.6 Å². The Morgan fingerprint density at radius 2 is 1.83 bits per heavy atom. The van der Waals surface area contributed by atoms with Crippen LogP contribution in [0, 0.1) is 11.3 Å². The summed E-state index contributed by atoms with van der Waals surface area (Å²) in [5, 5.41) is 12.4. The number of hydrogen-bond donors (Lipinski definition) is 1. The predicted octanol–water partition coefficient (Wildman–Crippen LogP) is 4.08. The van der Waals surface area contributed by atoms with Crippen LogP contribution in [-0.4, -0.2) is 28.8 Å². The minimum Gasteiger partial charge on any atom is -0.474 e. The highest BCUT2D eigenvalue weighted by Crippen LogP contribution is 2.23. The van der Waals surface area contributed by atoms with Gasteiger partial charge in [-0.15, -0.1) is 0 Å². The lowest BCUT2D eigenvalue weighted by Gasteiger charge is -2.29. The summed E-state index contributed by atoms with van der Waals surface area (Å²) in [6, 6.07) is 12.2. The summed E-state index contributed by atoms with van der Waals surface area (Å²) in [4.78, 5) is 28.5. The zero-order valence-electron chi connectivity index (χ0n) is 15.9. The second-order valence-electron chi connectivity index (χ2n) is 7.09. The summed E-state index contributed by atoms with van der Waals surface area (Å²) in [7, 11) is 0. The molecule has 0 atom stereocenters. The standard InChI is InChI=1S/C22H22ClN3O3/c23-17-4-2-16(3-5-17)20(27)10-11-21(28)26-18-6-8-19(9-7-18)29-22-12-1-15(13-24)14-25-22/h1-5,12,14,18-19H,6-11H2,(H,26,28). The second kappa shape index (κ2) is 10.0. The Morgan fingerprint density at radius 1 is 1.10 bits per heavy atom. The van der Waals surface area contributed by atoms with Gasteiger partial charge in [-0.1, -0.05) is 11.6 Å². The zero-order valence-corrected chi connectivity index (χ0v) is 16.7. The fourth-order valence-electron chi connectivity index (χ4n) is 3.32. The van der Waals surface area contributed by atoms with Crippen molar-refractivity contribution in [1.29, 1.82) is 5.26 Å². The molecule has 1 saturated carbocycles. The Balaban J connectivity index is 1.37. The van der Waals surface area contributed by atoms with Gasteiger partial charge in [-0.2, -0.15) is 5.26 Å². The van der Waals surface area contributed by atoms with E-state index in [1.165, 1.54) is 6.20 Å². The van der Waals surface area contributed by atoms with Crippen molar-refractivity contribution in [3.05, 3.63) is 58.7 Å². The molecule has 1 aliphatic rings. The van der Waals surface area contributed by atoms with Gasteiger partial charge < -0.3 is 10.1 Å². The minimum absolute atomic E-state index is 0.0510. The fraction of sp³-hybridized carbons (Fsp3) is 0.364. The molecule has 0 aliphatic heterocycles. The van der Waals surface area contributed by atoms with Gasteiger partial charge in [-0.3, -0.25) is 9.59 Å². The smallest absolute Gasteiger partial charge is 0.220 e. The highest BCUT2D eigenvalue weighted by atomic mass is 35.5. The number of nitrogens with zero attached hydrogens (tertiary/aromatic N) is 2. The van der Waals surface area contributed by atoms with Gasteiger partial charge in [0.1, 0.15) is 12.2 Å². The first-order valence-electron chi connectivity index (χ1n) is 9.64. The third-order valence-electron chi connectivity index (χ3n) is 4.94. The maximum atomic E-state index is 12.2. The molecule has 1 fully saturated rings. The summed E-state index contributed by atoms with van der Waals surface area (Å²) >= 11 is 5.82. The van der Waals surface area contributed by atoms with E-state index in [-0.39, 0.29) is 36.7 Å². The number of halogens is 1. The monoisotopic (exact) mass is 411 g/mol. The Bertz CT molecular complexity index is 883. The van der Waals surface area contributed by atoms with Crippen LogP contribution in [0.3, 0.4) is 0 Å². The molecular formula is C22H22ClN3O3. The molecule has 29 heavy (non-hydrogen) atoms. The average molecular weight is 412 g/mol. The Kier molecular flexibility index (Phi) is 7.20. The van der Waals surface area contributed by atoms with Crippen LogP contribution in [0.15, 0.2) is 42.6 Å². The van der Waals surface area contributed by atoms with Gasteiger partial charge in [0.15, 0.2) is 5.78 Å². The maximum Gasteiger partial charge on any atom is 0.220 e. The lowest BCUT2D eigenvalue weighted by molar-refractivity contribution is -0.122. The Labute approximate surface area is 174 Å². The number of benzene rings is 1. The number of ketones is 1. The number of rotatable bonds is 7. The maximum absolute atomic E-state index is 12.2. The Morgan fingerprint density at radius 3 is 2.45 bits per heavy atom. The molecule has 1 heterocycles. The summed E-state index contributed by atoms with van der Waals surface area (Å²) < 4.78 is 5.86. The topological polar surface area (TPSA) is 92.1 Å². The number of carbonyl (C=O) groups excluding carboxylic acids is 2. The third kappa shape index (κ3) is 6.30. The van der Waals surface area contributed by atoms with E-state index in [0.717, 1.165) is 25.7 Å². The van der Waals surface area contributed by atoms with Crippen LogP contribution in [0.2, 0.25) is 5.02 Å². The van der Waals surface area contributed by atoms with Crippen molar-refractivity contribution in [2.45, 2.75) is 50.7 Å². The largest absolute Gasteiger partial charge is 0.474 e. The summed E-state index contributed by atoms with van der Waals surface area (Å²) in [6.45, 7) is 0. The van der Waals surface area contributed by atoms with Gasteiger partial charge in [-0.05, 0) is 56.0 Å². The van der Waals surface area contributed by atoms with Crippen LogP contribution in [-0.2, 0) is 4.79 Å². The number of Topliss-reactive ketones (excluding diaryl/α,β-unsaturated/α-hetero) is 1. The van der Waals surface area contributed by atoms with E-state index in [0.29, 0.717) is 22.0 Å². The normalized spacial score (nSPS) is 18.5. The molecule has 0 spiro atoms. The molecule has 150 valence electrons. The van der Waals surface area contributed by atoms with Crippen LogP contribution < -0.4 is 10.1 Å². The predicted molar refractivity (Wildman–Crippen MR) is 109 cm³/mol. The van der Waals surface area contributed by atoms with Crippen molar-refractivity contribution < 1.29 is 14.3 Å². The highest BCUT2D eigenvalue weighted by molar-refractivity contribution is 6.30. The van der Waals surface area contributed by atoms with E-state index in [9.17, 15) is 9.59 Å². The molecule has 7 heteroatoms. The molecule has 1 aliphatic carbocycles. The molecule has 3 rings (SSSR count). The van der Waals surface area contributed by atoms with E-state index in [4.69, 9.17) is 21.6 Å². The van der Waals surface area contributed by atoms with E-state index in [2.05, 4.69) is 10.3 Å². The number of ether oxygens (including phenoxy) is 1. The van der Waals surface area contributed by atoms with Crippen LogP contribution in [0.5, 0.6) is 5.88 Å². The molecule has 0 saturated heterocycles. The zero-order chi connectivity index (χ0) is 20.6. The number of pyridine rings is 1. The average Bonchev–Trinajstić information content (AvgIpc) is 2.74. The summed E-state index contributed by atoms with van der Waals surface area (Å²) in [5.41, 5.74) is 1.06. The van der Waals surface area contributed by atoms with Gasteiger partial charge in [0, 0.05) is 41.7 Å². The van der Waals surface area contributed by atoms with Crippen LogP contribution in [0.25, 0.3) is 0 Å². The van der Waals surface area contributed by atoms with Crippen molar-refractivity contribution in [2.24, 2.45) is 0 Å². The highest BCUT2D eigenvalue weighted by Gasteiger charge is 2.24. The number of aromatic nitrogens is 1. The number of nitrogens with one attached hydrogen (secondary N) is 1. The van der Waals surface area contributed by atoms with Gasteiger partial charge in [0.05, 0.1) is 5.56 Å². The fourth-order valence-corrected chi connectivity index (χ4v) is 3.44. The minimum atomic E-state index is -0.106. The van der Waals surface area contributed by atoms with Crippen LogP contribution in [0.1, 0.15) is 54.4 Å². The van der Waals surface area contributed by atoms with E-state index in [1.807, 2.05) is 6.07 Å². The van der Waals surface area contributed by atoms with E-state index >= 15 is 0 Å². The molecular weight excluding hydrogens is 390 g/mol. The van der Waals surface area contributed by atoms with Gasteiger partial charge in [-0.25, -0.2) is 4.98 Å². The molecule has 1 N–H and O–H groups in total. The van der Waals surface area contributed by atoms with E-state index in [1.54, 1.807) is 36.4 Å². The van der Waals surface area contributed by atoms with Crippen molar-refractivity contribution in [1.82, 2.24) is 10.3 Å². The van der Waals surface area contributed by atoms with Gasteiger partial charge >= 0.3 is 0 Å². The molecule has 0 bridgehead atoms. The first kappa shape index (κ1) is 20.8.